The Labute approximate surface area is 76.0 Å². The van der Waals surface area contributed by atoms with Crippen molar-refractivity contribution >= 4 is 5.52 Å². The molecule has 0 spiro atoms. The molecule has 0 atom stereocenters. The summed E-state index contributed by atoms with van der Waals surface area (Å²) >= 11 is 0. The topological polar surface area (TPSA) is 37.3 Å². The highest BCUT2D eigenvalue weighted by molar-refractivity contribution is 5.48. The van der Waals surface area contributed by atoms with Crippen molar-refractivity contribution in [2.24, 2.45) is 0 Å². The Balaban J connectivity index is 2.76. The van der Waals surface area contributed by atoms with E-state index in [2.05, 4.69) is 18.8 Å². The van der Waals surface area contributed by atoms with Gasteiger partial charge in [-0.05, 0) is 17.5 Å². The molecule has 68 valence electrons. The quantitative estimate of drug-likeness (QED) is 0.706. The Bertz CT molecular complexity index is 479. The van der Waals surface area contributed by atoms with Crippen LogP contribution in [0.1, 0.15) is 25.3 Å². The van der Waals surface area contributed by atoms with Crippen LogP contribution in [-0.2, 0) is 0 Å². The van der Waals surface area contributed by atoms with Gasteiger partial charge in [0.25, 0.3) is 5.56 Å². The van der Waals surface area contributed by atoms with Gasteiger partial charge in [0.2, 0.25) is 0 Å². The molecule has 1 N–H and O–H groups in total. The number of aromatic amines is 1. The number of hydrogen-bond donors (Lipinski definition) is 1. The minimum Gasteiger partial charge on any atom is -0.326 e. The number of fused-ring (bicyclic) bond motifs is 1. The second-order valence-electron chi connectivity index (χ2n) is 3.51. The Morgan fingerprint density at radius 1 is 1.46 bits per heavy atom. The average Bonchev–Trinajstić information content (AvgIpc) is 2.49. The number of hydrogen-bond acceptors (Lipinski definition) is 1. The van der Waals surface area contributed by atoms with E-state index in [4.69, 9.17) is 0 Å². The maximum atomic E-state index is 11.3. The lowest BCUT2D eigenvalue weighted by atomic mass is 10.1. The number of nitrogens with zero attached hydrogens (tertiary/aromatic N) is 1. The summed E-state index contributed by atoms with van der Waals surface area (Å²) in [7, 11) is 0. The molecule has 0 aromatic carbocycles. The highest BCUT2D eigenvalue weighted by Crippen LogP contribution is 2.15. The second-order valence-corrected chi connectivity index (χ2v) is 3.51. The molecule has 2 aromatic heterocycles. The van der Waals surface area contributed by atoms with Gasteiger partial charge < -0.3 is 9.38 Å². The zero-order valence-corrected chi connectivity index (χ0v) is 7.74. The van der Waals surface area contributed by atoms with Gasteiger partial charge in [0, 0.05) is 18.6 Å². The van der Waals surface area contributed by atoms with Crippen LogP contribution >= 0.6 is 0 Å². The third-order valence-corrected chi connectivity index (χ3v) is 2.22. The van der Waals surface area contributed by atoms with Crippen LogP contribution in [0.2, 0.25) is 0 Å². The summed E-state index contributed by atoms with van der Waals surface area (Å²) in [4.78, 5) is 14.0. The van der Waals surface area contributed by atoms with Crippen molar-refractivity contribution in [1.29, 1.82) is 0 Å². The minimum atomic E-state index is -0.0330. The maximum absolute atomic E-state index is 11.3. The molecule has 0 aliphatic carbocycles. The van der Waals surface area contributed by atoms with Gasteiger partial charge in [0.1, 0.15) is 5.52 Å². The number of H-pyrrole nitrogens is 1. The van der Waals surface area contributed by atoms with Gasteiger partial charge in [-0.25, -0.2) is 0 Å². The van der Waals surface area contributed by atoms with E-state index in [-0.39, 0.29) is 5.56 Å². The predicted molar refractivity (Wildman–Crippen MR) is 52.1 cm³/mol. The lowest BCUT2D eigenvalue weighted by Crippen LogP contribution is -2.06. The molecule has 3 nitrogen and oxygen atoms in total. The summed E-state index contributed by atoms with van der Waals surface area (Å²) in [5.41, 5.74) is 1.87. The summed E-state index contributed by atoms with van der Waals surface area (Å²) in [6, 6.07) is 1.93. The summed E-state index contributed by atoms with van der Waals surface area (Å²) in [6.45, 7) is 4.23. The summed E-state index contributed by atoms with van der Waals surface area (Å²) in [5.74, 6) is 0.458. The zero-order valence-electron chi connectivity index (χ0n) is 7.74. The smallest absolute Gasteiger partial charge is 0.272 e. The van der Waals surface area contributed by atoms with Gasteiger partial charge in [-0.3, -0.25) is 4.79 Å². The molecule has 13 heavy (non-hydrogen) atoms. The molecule has 0 bridgehead atoms. The van der Waals surface area contributed by atoms with Crippen molar-refractivity contribution in [2.75, 3.05) is 0 Å². The van der Waals surface area contributed by atoms with Gasteiger partial charge in [0.05, 0.1) is 0 Å². The fourth-order valence-electron chi connectivity index (χ4n) is 1.39. The standard InChI is InChI=1S/C10H12N2O/c1-7(2)8-5-9-10(13)11-3-4-12(9)6-8/h3-7H,1-2H3,(H,11,13). The molecule has 0 saturated heterocycles. The first kappa shape index (κ1) is 8.10. The molecule has 0 fully saturated rings. The minimum absolute atomic E-state index is 0.0330. The van der Waals surface area contributed by atoms with Crippen LogP contribution in [0.4, 0.5) is 0 Å². The fraction of sp³-hybridized carbons (Fsp3) is 0.300. The number of aromatic nitrogens is 2. The molecule has 0 radical (unpaired) electrons. The first-order valence-corrected chi connectivity index (χ1v) is 4.38. The highest BCUT2D eigenvalue weighted by Gasteiger charge is 2.04. The molecular formula is C10H12N2O. The monoisotopic (exact) mass is 176 g/mol. The van der Waals surface area contributed by atoms with Crippen molar-refractivity contribution in [3.05, 3.63) is 40.6 Å². The highest BCUT2D eigenvalue weighted by atomic mass is 16.1. The summed E-state index contributed by atoms with van der Waals surface area (Å²) in [6.07, 6.45) is 5.50. The average molecular weight is 176 g/mol. The van der Waals surface area contributed by atoms with Crippen LogP contribution in [0, 0.1) is 0 Å². The lowest BCUT2D eigenvalue weighted by Gasteiger charge is -1.96. The van der Waals surface area contributed by atoms with Crippen LogP contribution in [0.5, 0.6) is 0 Å². The van der Waals surface area contributed by atoms with E-state index in [0.717, 1.165) is 0 Å². The fourth-order valence-corrected chi connectivity index (χ4v) is 1.39. The maximum Gasteiger partial charge on any atom is 0.272 e. The van der Waals surface area contributed by atoms with E-state index < -0.39 is 0 Å². The van der Waals surface area contributed by atoms with E-state index in [1.807, 2.05) is 22.9 Å². The normalized spacial score (nSPS) is 11.3. The summed E-state index contributed by atoms with van der Waals surface area (Å²) < 4.78 is 1.86. The van der Waals surface area contributed by atoms with E-state index >= 15 is 0 Å². The zero-order chi connectivity index (χ0) is 9.42. The molecule has 2 aromatic rings. The van der Waals surface area contributed by atoms with Crippen LogP contribution in [0.3, 0.4) is 0 Å². The third-order valence-electron chi connectivity index (χ3n) is 2.22. The molecular weight excluding hydrogens is 164 g/mol. The SMILES string of the molecule is CC(C)c1cc2c(=O)[nH]ccn2c1. The molecule has 0 amide bonds. The Morgan fingerprint density at radius 3 is 2.85 bits per heavy atom. The van der Waals surface area contributed by atoms with Crippen LogP contribution in [-0.4, -0.2) is 9.38 Å². The predicted octanol–water partition coefficient (Wildman–Crippen LogP) is 1.75. The van der Waals surface area contributed by atoms with Crippen LogP contribution in [0.25, 0.3) is 5.52 Å². The van der Waals surface area contributed by atoms with Gasteiger partial charge in [-0.2, -0.15) is 0 Å². The van der Waals surface area contributed by atoms with Crippen molar-refractivity contribution in [2.45, 2.75) is 19.8 Å². The summed E-state index contributed by atoms with van der Waals surface area (Å²) in [5, 5.41) is 0. The van der Waals surface area contributed by atoms with Gasteiger partial charge >= 0.3 is 0 Å². The van der Waals surface area contributed by atoms with E-state index in [0.29, 0.717) is 11.4 Å². The molecule has 0 aliphatic heterocycles. The van der Waals surface area contributed by atoms with Crippen molar-refractivity contribution in [1.82, 2.24) is 9.38 Å². The molecule has 2 rings (SSSR count). The van der Waals surface area contributed by atoms with Gasteiger partial charge in [0.15, 0.2) is 0 Å². The molecule has 0 unspecified atom stereocenters. The van der Waals surface area contributed by atoms with Gasteiger partial charge in [-0.1, -0.05) is 13.8 Å². The lowest BCUT2D eigenvalue weighted by molar-refractivity contribution is 0.865. The Kier molecular flexibility index (Phi) is 1.72. The molecule has 2 heterocycles. The first-order valence-electron chi connectivity index (χ1n) is 4.38. The van der Waals surface area contributed by atoms with Crippen LogP contribution < -0.4 is 5.56 Å². The van der Waals surface area contributed by atoms with E-state index in [1.165, 1.54) is 5.56 Å². The largest absolute Gasteiger partial charge is 0.326 e. The molecule has 0 saturated carbocycles. The van der Waals surface area contributed by atoms with E-state index in [1.54, 1.807) is 6.20 Å². The molecule has 3 heteroatoms. The number of rotatable bonds is 1. The second kappa shape index (κ2) is 2.76. The van der Waals surface area contributed by atoms with Crippen molar-refractivity contribution in [3.8, 4) is 0 Å². The third kappa shape index (κ3) is 1.26. The molecule has 0 aliphatic rings. The van der Waals surface area contributed by atoms with Crippen molar-refractivity contribution in [3.63, 3.8) is 0 Å². The Morgan fingerprint density at radius 2 is 2.23 bits per heavy atom. The van der Waals surface area contributed by atoms with Gasteiger partial charge in [-0.15, -0.1) is 0 Å². The van der Waals surface area contributed by atoms with Crippen molar-refractivity contribution < 1.29 is 0 Å². The Hall–Kier alpha value is -1.51. The first-order chi connectivity index (χ1) is 6.18. The van der Waals surface area contributed by atoms with Crippen LogP contribution in [0.15, 0.2) is 29.5 Å². The van der Waals surface area contributed by atoms with E-state index in [9.17, 15) is 4.79 Å². The number of nitrogens with one attached hydrogen (secondary N) is 1.